The summed E-state index contributed by atoms with van der Waals surface area (Å²) in [4.78, 5) is 10.4. The summed E-state index contributed by atoms with van der Waals surface area (Å²) < 4.78 is 0. The van der Waals surface area contributed by atoms with Crippen molar-refractivity contribution in [3.8, 4) is 0 Å². The van der Waals surface area contributed by atoms with Crippen molar-refractivity contribution in [2.24, 2.45) is 0 Å². The Morgan fingerprint density at radius 1 is 1.38 bits per heavy atom. The molecule has 0 unspecified atom stereocenters. The van der Waals surface area contributed by atoms with Crippen molar-refractivity contribution in [2.75, 3.05) is 0 Å². The van der Waals surface area contributed by atoms with Gasteiger partial charge in [0.25, 0.3) is 0 Å². The maximum Gasteiger partial charge on any atom is 0.180 e. The third kappa shape index (κ3) is 1.50. The molecule has 3 nitrogen and oxygen atoms in total. The van der Waals surface area contributed by atoms with E-state index in [4.69, 9.17) is 0 Å². The molecule has 0 saturated heterocycles. The van der Waals surface area contributed by atoms with E-state index in [1.165, 1.54) is 37.0 Å². The second-order valence-electron chi connectivity index (χ2n) is 3.83. The summed E-state index contributed by atoms with van der Waals surface area (Å²) in [5.41, 5.74) is 0.193. The predicted molar refractivity (Wildman–Crippen MR) is 51.1 cm³/mol. The predicted octanol–water partition coefficient (Wildman–Crippen LogP) is 2.18. The van der Waals surface area contributed by atoms with Crippen molar-refractivity contribution in [3.05, 3.63) is 10.0 Å². The van der Waals surface area contributed by atoms with Gasteiger partial charge in [0, 0.05) is 5.41 Å². The number of hydrogen-bond acceptors (Lipinski definition) is 4. The lowest BCUT2D eigenvalue weighted by Gasteiger charge is -2.18. The van der Waals surface area contributed by atoms with E-state index in [1.54, 1.807) is 0 Å². The molecule has 1 aromatic rings. The summed E-state index contributed by atoms with van der Waals surface area (Å²) in [5, 5.41) is 9.44. The van der Waals surface area contributed by atoms with E-state index < -0.39 is 0 Å². The normalized spacial score (nSPS) is 20.4. The largest absolute Gasteiger partial charge is 0.295 e. The number of hydrogen-bond donors (Lipinski definition) is 0. The van der Waals surface area contributed by atoms with Crippen LogP contribution in [-0.4, -0.2) is 16.5 Å². The number of carbonyl (C=O) groups is 1. The van der Waals surface area contributed by atoms with Crippen molar-refractivity contribution in [1.82, 2.24) is 10.2 Å². The first-order chi connectivity index (χ1) is 6.24. The van der Waals surface area contributed by atoms with Crippen LogP contribution in [-0.2, 0) is 5.41 Å². The van der Waals surface area contributed by atoms with Crippen LogP contribution in [0, 0.1) is 0 Å². The van der Waals surface area contributed by atoms with Crippen LogP contribution in [0.5, 0.6) is 0 Å². The molecule has 13 heavy (non-hydrogen) atoms. The van der Waals surface area contributed by atoms with Gasteiger partial charge in [-0.25, -0.2) is 0 Å². The highest BCUT2D eigenvalue weighted by atomic mass is 32.1. The van der Waals surface area contributed by atoms with Crippen LogP contribution >= 0.6 is 11.3 Å². The summed E-state index contributed by atoms with van der Waals surface area (Å²) in [6, 6.07) is 0. The SMILES string of the molecule is CC1(c2nnc(C=O)s2)CCCC1. The zero-order chi connectivity index (χ0) is 9.31. The van der Waals surface area contributed by atoms with E-state index in [1.807, 2.05) is 0 Å². The van der Waals surface area contributed by atoms with Gasteiger partial charge in [-0.2, -0.15) is 0 Å². The van der Waals surface area contributed by atoms with Gasteiger partial charge >= 0.3 is 0 Å². The molecule has 0 N–H and O–H groups in total. The Balaban J connectivity index is 2.28. The lowest BCUT2D eigenvalue weighted by Crippen LogP contribution is -2.16. The number of aldehydes is 1. The zero-order valence-corrected chi connectivity index (χ0v) is 8.43. The number of nitrogens with zero attached hydrogens (tertiary/aromatic N) is 2. The first kappa shape index (κ1) is 8.81. The molecule has 2 rings (SSSR count). The van der Waals surface area contributed by atoms with Crippen LogP contribution in [0.4, 0.5) is 0 Å². The summed E-state index contributed by atoms with van der Waals surface area (Å²) >= 11 is 1.44. The highest BCUT2D eigenvalue weighted by molar-refractivity contribution is 7.13. The Morgan fingerprint density at radius 3 is 2.62 bits per heavy atom. The standard InChI is InChI=1S/C9H12N2OS/c1-9(4-2-3-5-9)8-11-10-7(6-12)13-8/h6H,2-5H2,1H3. The smallest absolute Gasteiger partial charge is 0.180 e. The van der Waals surface area contributed by atoms with Crippen molar-refractivity contribution in [1.29, 1.82) is 0 Å². The minimum atomic E-state index is 0.193. The van der Waals surface area contributed by atoms with E-state index in [-0.39, 0.29) is 5.41 Å². The lowest BCUT2D eigenvalue weighted by molar-refractivity contribution is 0.112. The molecule has 1 fully saturated rings. The Hall–Kier alpha value is -0.770. The molecule has 0 aliphatic heterocycles. The van der Waals surface area contributed by atoms with Crippen LogP contribution in [0.15, 0.2) is 0 Å². The molecule has 4 heteroatoms. The fourth-order valence-electron chi connectivity index (χ4n) is 1.90. The van der Waals surface area contributed by atoms with Gasteiger partial charge in [0.2, 0.25) is 0 Å². The lowest BCUT2D eigenvalue weighted by atomic mass is 9.90. The highest BCUT2D eigenvalue weighted by Crippen LogP contribution is 2.41. The van der Waals surface area contributed by atoms with Crippen molar-refractivity contribution in [2.45, 2.75) is 38.0 Å². The quantitative estimate of drug-likeness (QED) is 0.681. The number of carbonyl (C=O) groups excluding carboxylic acids is 1. The average Bonchev–Trinajstić information content (AvgIpc) is 2.72. The Kier molecular flexibility index (Phi) is 2.15. The van der Waals surface area contributed by atoms with Crippen LogP contribution in [0.1, 0.15) is 47.4 Å². The van der Waals surface area contributed by atoms with E-state index in [0.717, 1.165) is 11.3 Å². The van der Waals surface area contributed by atoms with Gasteiger partial charge in [-0.15, -0.1) is 10.2 Å². The average molecular weight is 196 g/mol. The number of aromatic nitrogens is 2. The molecule has 1 aliphatic carbocycles. The fraction of sp³-hybridized carbons (Fsp3) is 0.667. The Morgan fingerprint density at radius 2 is 2.08 bits per heavy atom. The zero-order valence-electron chi connectivity index (χ0n) is 7.62. The maximum atomic E-state index is 10.4. The summed E-state index contributed by atoms with van der Waals surface area (Å²) in [5.74, 6) is 0. The monoisotopic (exact) mass is 196 g/mol. The maximum absolute atomic E-state index is 10.4. The van der Waals surface area contributed by atoms with Gasteiger partial charge in [-0.05, 0) is 12.8 Å². The topological polar surface area (TPSA) is 42.9 Å². The van der Waals surface area contributed by atoms with Gasteiger partial charge in [-0.1, -0.05) is 31.1 Å². The Bertz CT molecular complexity index is 315. The van der Waals surface area contributed by atoms with Crippen molar-refractivity contribution >= 4 is 17.6 Å². The van der Waals surface area contributed by atoms with Crippen LogP contribution < -0.4 is 0 Å². The van der Waals surface area contributed by atoms with E-state index in [9.17, 15) is 4.79 Å². The van der Waals surface area contributed by atoms with E-state index in [0.29, 0.717) is 5.01 Å². The molecule has 0 bridgehead atoms. The first-order valence-electron chi connectivity index (χ1n) is 4.54. The molecular formula is C9H12N2OS. The van der Waals surface area contributed by atoms with E-state index >= 15 is 0 Å². The van der Waals surface area contributed by atoms with Gasteiger partial charge < -0.3 is 0 Å². The van der Waals surface area contributed by atoms with E-state index in [2.05, 4.69) is 17.1 Å². The third-order valence-electron chi connectivity index (χ3n) is 2.76. The van der Waals surface area contributed by atoms with Gasteiger partial charge in [0.15, 0.2) is 11.3 Å². The third-order valence-corrected chi connectivity index (χ3v) is 3.92. The van der Waals surface area contributed by atoms with Gasteiger partial charge in [-0.3, -0.25) is 4.79 Å². The molecule has 1 aromatic heterocycles. The molecule has 0 aromatic carbocycles. The molecule has 70 valence electrons. The minimum Gasteiger partial charge on any atom is -0.295 e. The molecule has 0 radical (unpaired) electrons. The molecule has 1 aliphatic rings. The molecule has 1 saturated carbocycles. The fourth-order valence-corrected chi connectivity index (χ4v) is 2.76. The Labute approximate surface area is 81.2 Å². The van der Waals surface area contributed by atoms with Gasteiger partial charge in [0.1, 0.15) is 5.01 Å². The van der Waals surface area contributed by atoms with Crippen LogP contribution in [0.25, 0.3) is 0 Å². The van der Waals surface area contributed by atoms with Gasteiger partial charge in [0.05, 0.1) is 0 Å². The second kappa shape index (κ2) is 3.18. The summed E-state index contributed by atoms with van der Waals surface area (Å²) in [6.45, 7) is 2.22. The van der Waals surface area contributed by atoms with Crippen molar-refractivity contribution in [3.63, 3.8) is 0 Å². The number of rotatable bonds is 2. The minimum absolute atomic E-state index is 0.193. The highest BCUT2D eigenvalue weighted by Gasteiger charge is 2.33. The molecule has 0 amide bonds. The summed E-state index contributed by atoms with van der Waals surface area (Å²) in [7, 11) is 0. The van der Waals surface area contributed by atoms with Crippen LogP contribution in [0.2, 0.25) is 0 Å². The van der Waals surface area contributed by atoms with Crippen molar-refractivity contribution < 1.29 is 4.79 Å². The molecule has 1 heterocycles. The molecule has 0 atom stereocenters. The second-order valence-corrected chi connectivity index (χ2v) is 4.84. The van der Waals surface area contributed by atoms with Crippen LogP contribution in [0.3, 0.4) is 0 Å². The molecular weight excluding hydrogens is 184 g/mol. The molecule has 0 spiro atoms. The first-order valence-corrected chi connectivity index (χ1v) is 5.35. The summed E-state index contributed by atoms with van der Waals surface area (Å²) in [6.07, 6.45) is 5.68.